The predicted molar refractivity (Wildman–Crippen MR) is 128 cm³/mol. The Morgan fingerprint density at radius 1 is 1.12 bits per heavy atom. The number of likely N-dealkylation sites (tertiary alicyclic amines) is 1. The molecular weight excluding hydrogens is 433 g/mol. The van der Waals surface area contributed by atoms with Crippen LogP contribution in [0.3, 0.4) is 0 Å². The maximum atomic E-state index is 13.5. The van der Waals surface area contributed by atoms with Crippen LogP contribution in [0.1, 0.15) is 39.4 Å². The lowest BCUT2D eigenvalue weighted by Gasteiger charge is -2.44. The molecule has 2 heterocycles. The van der Waals surface area contributed by atoms with Crippen molar-refractivity contribution < 1.29 is 18.6 Å². The first-order valence-electron chi connectivity index (χ1n) is 11.5. The first-order chi connectivity index (χ1) is 16.2. The molecule has 6 nitrogen and oxygen atoms in total. The second-order valence-electron chi connectivity index (χ2n) is 9.81. The van der Waals surface area contributed by atoms with Crippen molar-refractivity contribution in [1.29, 1.82) is 0 Å². The van der Waals surface area contributed by atoms with E-state index in [0.29, 0.717) is 5.56 Å². The average Bonchev–Trinajstić information content (AvgIpc) is 3.11. The molecular formula is C27H27FN3O3+. The Morgan fingerprint density at radius 3 is 2.50 bits per heavy atom. The number of carbonyl (C=O) groups excluding carboxylic acids is 1. The number of hydrogen-bond donors (Lipinski definition) is 0. The standard InChI is InChI=1S/C27H27FN3O3/c1-18-3-12-25-23(15-18)24-17-31(2,16-19-4-10-22(11-5-19)30(33)34)14-13-26(24)29(25)27(32)20-6-8-21(28)9-7-20/h3-12,15,24,26H,13-14,16-17H2,1-2H3/q+1/t24-,26+,31+/m0/s1. The Kier molecular flexibility index (Phi) is 5.44. The van der Waals surface area contributed by atoms with Crippen molar-refractivity contribution in [1.82, 2.24) is 0 Å². The number of nitrogens with zero attached hydrogens (tertiary/aromatic N) is 3. The van der Waals surface area contributed by atoms with E-state index in [1.54, 1.807) is 24.3 Å². The molecule has 0 aromatic heterocycles. The third kappa shape index (κ3) is 3.96. The monoisotopic (exact) mass is 460 g/mol. The number of benzene rings is 3. The molecule has 0 radical (unpaired) electrons. The molecule has 0 spiro atoms. The van der Waals surface area contributed by atoms with Crippen LogP contribution in [0, 0.1) is 22.9 Å². The number of nitro benzene ring substituents is 1. The number of likely N-dealkylation sites (N-methyl/N-ethyl adjacent to an activating group) is 1. The number of anilines is 1. The summed E-state index contributed by atoms with van der Waals surface area (Å²) in [5.41, 5.74) is 4.94. The van der Waals surface area contributed by atoms with Crippen LogP contribution in [-0.4, -0.2) is 41.5 Å². The predicted octanol–water partition coefficient (Wildman–Crippen LogP) is 5.21. The zero-order valence-corrected chi connectivity index (χ0v) is 19.3. The number of rotatable bonds is 4. The van der Waals surface area contributed by atoms with E-state index in [2.05, 4.69) is 20.0 Å². The number of carbonyl (C=O) groups is 1. The smallest absolute Gasteiger partial charge is 0.269 e. The van der Waals surface area contributed by atoms with Crippen LogP contribution >= 0.6 is 0 Å². The van der Waals surface area contributed by atoms with Gasteiger partial charge in [0, 0.05) is 35.4 Å². The summed E-state index contributed by atoms with van der Waals surface area (Å²) in [6.07, 6.45) is 0.842. The highest BCUT2D eigenvalue weighted by Crippen LogP contribution is 2.47. The van der Waals surface area contributed by atoms with Crippen LogP contribution in [0.5, 0.6) is 0 Å². The number of fused-ring (bicyclic) bond motifs is 3. The molecule has 1 fully saturated rings. The summed E-state index contributed by atoms with van der Waals surface area (Å²) in [4.78, 5) is 26.1. The topological polar surface area (TPSA) is 63.5 Å². The molecule has 7 heteroatoms. The van der Waals surface area contributed by atoms with Gasteiger partial charge >= 0.3 is 0 Å². The van der Waals surface area contributed by atoms with E-state index in [9.17, 15) is 19.3 Å². The average molecular weight is 461 g/mol. The molecule has 1 saturated heterocycles. The van der Waals surface area contributed by atoms with E-state index in [1.165, 1.54) is 17.7 Å². The van der Waals surface area contributed by atoms with E-state index in [1.807, 2.05) is 29.2 Å². The number of piperidine rings is 1. The second kappa shape index (κ2) is 8.33. The second-order valence-corrected chi connectivity index (χ2v) is 9.81. The minimum atomic E-state index is -0.379. The number of non-ortho nitro benzene ring substituents is 1. The van der Waals surface area contributed by atoms with Crippen molar-refractivity contribution >= 4 is 17.3 Å². The maximum absolute atomic E-state index is 13.5. The third-order valence-electron chi connectivity index (χ3n) is 7.26. The van der Waals surface area contributed by atoms with Crippen LogP contribution in [0.2, 0.25) is 0 Å². The Labute approximate surface area is 198 Å². The molecule has 2 aliphatic heterocycles. The highest BCUT2D eigenvalue weighted by Gasteiger charge is 2.49. The van der Waals surface area contributed by atoms with E-state index >= 15 is 0 Å². The number of nitro groups is 1. The minimum Gasteiger partial charge on any atom is -0.322 e. The van der Waals surface area contributed by atoms with E-state index in [4.69, 9.17) is 0 Å². The van der Waals surface area contributed by atoms with Gasteiger partial charge in [-0.15, -0.1) is 0 Å². The number of quaternary nitrogens is 1. The number of hydrogen-bond acceptors (Lipinski definition) is 3. The van der Waals surface area contributed by atoms with E-state index in [0.717, 1.165) is 47.4 Å². The zero-order chi connectivity index (χ0) is 24.0. The van der Waals surface area contributed by atoms with Crippen LogP contribution in [-0.2, 0) is 6.54 Å². The van der Waals surface area contributed by atoms with Crippen molar-refractivity contribution in [2.24, 2.45) is 0 Å². The van der Waals surface area contributed by atoms with Crippen molar-refractivity contribution in [3.8, 4) is 0 Å². The lowest BCUT2D eigenvalue weighted by atomic mass is 9.87. The minimum absolute atomic E-state index is 0.0532. The molecule has 0 unspecified atom stereocenters. The van der Waals surface area contributed by atoms with Gasteiger partial charge in [-0.3, -0.25) is 14.9 Å². The van der Waals surface area contributed by atoms with Crippen molar-refractivity contribution in [2.45, 2.75) is 31.8 Å². The summed E-state index contributed by atoms with van der Waals surface area (Å²) >= 11 is 0. The fourth-order valence-electron chi connectivity index (χ4n) is 5.62. The molecule has 0 bridgehead atoms. The lowest BCUT2D eigenvalue weighted by Crippen LogP contribution is -2.56. The van der Waals surface area contributed by atoms with Gasteiger partial charge in [0.1, 0.15) is 12.4 Å². The molecule has 0 N–H and O–H groups in total. The van der Waals surface area contributed by atoms with Gasteiger partial charge in [-0.1, -0.05) is 17.7 Å². The number of amides is 1. The molecule has 1 amide bonds. The highest BCUT2D eigenvalue weighted by molar-refractivity contribution is 6.08. The summed E-state index contributed by atoms with van der Waals surface area (Å²) in [6, 6.07) is 18.9. The zero-order valence-electron chi connectivity index (χ0n) is 19.3. The molecule has 2 aliphatic rings. The maximum Gasteiger partial charge on any atom is 0.269 e. The molecule has 34 heavy (non-hydrogen) atoms. The van der Waals surface area contributed by atoms with Gasteiger partial charge in [-0.2, -0.15) is 0 Å². The highest BCUT2D eigenvalue weighted by atomic mass is 19.1. The van der Waals surface area contributed by atoms with Gasteiger partial charge < -0.3 is 9.38 Å². The first-order valence-corrected chi connectivity index (χ1v) is 11.5. The van der Waals surface area contributed by atoms with Gasteiger partial charge in [0.2, 0.25) is 0 Å². The molecule has 5 rings (SSSR count). The van der Waals surface area contributed by atoms with Gasteiger partial charge in [0.05, 0.1) is 37.0 Å². The fourth-order valence-corrected chi connectivity index (χ4v) is 5.62. The summed E-state index contributed by atoms with van der Waals surface area (Å²) in [5.74, 6) is -0.260. The number of halogens is 1. The molecule has 0 aliphatic carbocycles. The van der Waals surface area contributed by atoms with Gasteiger partial charge in [-0.25, -0.2) is 4.39 Å². The first kappa shape index (κ1) is 22.2. The van der Waals surface area contributed by atoms with E-state index < -0.39 is 0 Å². The largest absolute Gasteiger partial charge is 0.322 e. The normalized spacial score (nSPS) is 23.3. The number of aryl methyl sites for hydroxylation is 1. The molecule has 0 saturated carbocycles. The summed E-state index contributed by atoms with van der Waals surface area (Å²) in [5, 5.41) is 11.0. The Bertz CT molecular complexity index is 1260. The Balaban J connectivity index is 1.44. The molecule has 174 valence electrons. The van der Waals surface area contributed by atoms with Gasteiger partial charge in [-0.05, 0) is 55.0 Å². The van der Waals surface area contributed by atoms with Crippen LogP contribution in [0.15, 0.2) is 66.7 Å². The summed E-state index contributed by atoms with van der Waals surface area (Å²) in [6.45, 7) is 4.59. The molecule has 3 aromatic carbocycles. The fraction of sp³-hybridized carbons (Fsp3) is 0.296. The van der Waals surface area contributed by atoms with Crippen LogP contribution in [0.25, 0.3) is 0 Å². The van der Waals surface area contributed by atoms with E-state index in [-0.39, 0.29) is 34.3 Å². The third-order valence-corrected chi connectivity index (χ3v) is 7.26. The Hall–Kier alpha value is -3.58. The van der Waals surface area contributed by atoms with Gasteiger partial charge in [0.25, 0.3) is 11.6 Å². The molecule has 3 aromatic rings. The van der Waals surface area contributed by atoms with Gasteiger partial charge in [0.15, 0.2) is 0 Å². The summed E-state index contributed by atoms with van der Waals surface area (Å²) in [7, 11) is 2.22. The lowest BCUT2D eigenvalue weighted by molar-refractivity contribution is -0.928. The van der Waals surface area contributed by atoms with Crippen LogP contribution in [0.4, 0.5) is 15.8 Å². The SMILES string of the molecule is Cc1ccc2c(c1)[C@@H]1C[N@@+](C)(Cc3ccc([N+](=O)[O-])cc3)CC[C@H]1N2C(=O)c1ccc(F)cc1. The van der Waals surface area contributed by atoms with Crippen LogP contribution < -0.4 is 4.90 Å². The van der Waals surface area contributed by atoms with Crippen molar-refractivity contribution in [3.63, 3.8) is 0 Å². The quantitative estimate of drug-likeness (QED) is 0.305. The van der Waals surface area contributed by atoms with Crippen molar-refractivity contribution in [2.75, 3.05) is 25.0 Å². The van der Waals surface area contributed by atoms with Crippen molar-refractivity contribution in [3.05, 3.63) is 105 Å². The Morgan fingerprint density at radius 2 is 1.82 bits per heavy atom. The summed E-state index contributed by atoms with van der Waals surface area (Å²) < 4.78 is 14.2. The molecule has 3 atom stereocenters.